The smallest absolute Gasteiger partial charge is 0.351 e. The Morgan fingerprint density at radius 1 is 1.38 bits per heavy atom. The van der Waals surface area contributed by atoms with Crippen LogP contribution in [0, 0.1) is 17.8 Å². The molecular weight excluding hydrogens is 394 g/mol. The van der Waals surface area contributed by atoms with Crippen LogP contribution in [-0.2, 0) is 19.1 Å². The number of ether oxygens (including phenoxy) is 2. The van der Waals surface area contributed by atoms with E-state index in [0.29, 0.717) is 23.5 Å². The highest BCUT2D eigenvalue weighted by molar-refractivity contribution is 8.00. The second-order valence-electron chi connectivity index (χ2n) is 8.24. The third-order valence-electron chi connectivity index (χ3n) is 5.54. The van der Waals surface area contributed by atoms with E-state index >= 15 is 0 Å². The first-order chi connectivity index (χ1) is 13.7. The molecule has 1 saturated carbocycles. The Morgan fingerprint density at radius 3 is 2.79 bits per heavy atom. The zero-order valence-electron chi connectivity index (χ0n) is 17.3. The summed E-state index contributed by atoms with van der Waals surface area (Å²) in [5.41, 5.74) is -1.30. The van der Waals surface area contributed by atoms with Crippen molar-refractivity contribution in [2.75, 3.05) is 11.1 Å². The number of esters is 1. The zero-order chi connectivity index (χ0) is 21.1. The van der Waals surface area contributed by atoms with Gasteiger partial charge in [0, 0.05) is 18.9 Å². The maximum atomic E-state index is 12.7. The van der Waals surface area contributed by atoms with Crippen molar-refractivity contribution >= 4 is 29.5 Å². The van der Waals surface area contributed by atoms with Crippen molar-refractivity contribution in [2.45, 2.75) is 64.7 Å². The summed E-state index contributed by atoms with van der Waals surface area (Å²) in [5.74, 6) is 1.31. The van der Waals surface area contributed by atoms with Crippen LogP contribution in [0.1, 0.15) is 53.2 Å². The third kappa shape index (κ3) is 5.39. The lowest BCUT2D eigenvalue weighted by atomic mass is 9.75. The number of carbonyl (C=O) groups is 2. The molecular formula is C20H29N3O5S. The average molecular weight is 424 g/mol. The molecule has 3 rings (SSSR count). The van der Waals surface area contributed by atoms with Crippen LogP contribution < -0.4 is 11.0 Å². The molecule has 8 nitrogen and oxygen atoms in total. The molecule has 0 bridgehead atoms. The molecule has 2 fully saturated rings. The van der Waals surface area contributed by atoms with Crippen molar-refractivity contribution in [3.63, 3.8) is 0 Å². The number of rotatable bonds is 5. The first-order valence-corrected chi connectivity index (χ1v) is 11.1. The molecule has 1 aromatic heterocycles. The van der Waals surface area contributed by atoms with Crippen LogP contribution in [0.4, 0.5) is 5.82 Å². The number of hydrogen-bond acceptors (Lipinski definition) is 7. The molecule has 0 spiro atoms. The summed E-state index contributed by atoms with van der Waals surface area (Å²) in [6, 6.07) is 1.53. The molecule has 0 aromatic carbocycles. The molecule has 5 atom stereocenters. The average Bonchev–Trinajstić information content (AvgIpc) is 3.11. The number of carbonyl (C=O) groups excluding carboxylic acids is 2. The summed E-state index contributed by atoms with van der Waals surface area (Å²) in [6.07, 6.45) is 3.93. The van der Waals surface area contributed by atoms with E-state index in [4.69, 9.17) is 9.47 Å². The molecule has 1 aliphatic heterocycles. The highest BCUT2D eigenvalue weighted by atomic mass is 32.2. The minimum Gasteiger partial charge on any atom is -0.459 e. The van der Waals surface area contributed by atoms with Gasteiger partial charge in [-0.25, -0.2) is 9.59 Å². The minimum absolute atomic E-state index is 0.0872. The lowest BCUT2D eigenvalue weighted by molar-refractivity contribution is -0.166. The van der Waals surface area contributed by atoms with E-state index in [-0.39, 0.29) is 23.8 Å². The topological polar surface area (TPSA) is 99.5 Å². The highest BCUT2D eigenvalue weighted by Gasteiger charge is 2.39. The fourth-order valence-electron chi connectivity index (χ4n) is 4.00. The van der Waals surface area contributed by atoms with Crippen LogP contribution in [0.2, 0.25) is 0 Å². The Morgan fingerprint density at radius 2 is 2.14 bits per heavy atom. The summed E-state index contributed by atoms with van der Waals surface area (Å²) < 4.78 is 13.0. The Balaban J connectivity index is 1.62. The van der Waals surface area contributed by atoms with E-state index < -0.39 is 17.4 Å². The van der Waals surface area contributed by atoms with Gasteiger partial charge < -0.3 is 14.8 Å². The van der Waals surface area contributed by atoms with Gasteiger partial charge in [-0.15, -0.1) is 11.8 Å². The van der Waals surface area contributed by atoms with Crippen molar-refractivity contribution in [3.05, 3.63) is 22.7 Å². The maximum Gasteiger partial charge on any atom is 0.351 e. The summed E-state index contributed by atoms with van der Waals surface area (Å²) >= 11 is 1.32. The Labute approximate surface area is 174 Å². The number of hydrogen-bond donors (Lipinski definition) is 1. The van der Waals surface area contributed by atoms with Gasteiger partial charge in [0.1, 0.15) is 18.1 Å². The first-order valence-electron chi connectivity index (χ1n) is 10.1. The standard InChI is InChI=1S/C20H29N3O5S/c1-11(2)14-6-5-12(3)9-15(14)27-18(25)19-28-17(10-29-19)23-8-7-16(21-13(4)24)22-20(23)26/h7-8,11-12,14-15,17,19H,5-6,9-10H2,1-4H3,(H,21,22,24,26)/t12?,14?,15-,17+,19-/m1/s1. The van der Waals surface area contributed by atoms with E-state index in [2.05, 4.69) is 31.1 Å². The van der Waals surface area contributed by atoms with Crippen LogP contribution in [0.5, 0.6) is 0 Å². The minimum atomic E-state index is -0.757. The van der Waals surface area contributed by atoms with Gasteiger partial charge in [-0.2, -0.15) is 4.98 Å². The molecule has 1 amide bonds. The van der Waals surface area contributed by atoms with Crippen LogP contribution in [0.3, 0.4) is 0 Å². The molecule has 2 unspecified atom stereocenters. The van der Waals surface area contributed by atoms with Gasteiger partial charge in [0.2, 0.25) is 11.3 Å². The van der Waals surface area contributed by atoms with Gasteiger partial charge in [-0.1, -0.05) is 27.2 Å². The van der Waals surface area contributed by atoms with E-state index in [1.807, 2.05) is 0 Å². The van der Waals surface area contributed by atoms with Crippen molar-refractivity contribution < 1.29 is 19.1 Å². The lowest BCUT2D eigenvalue weighted by Crippen LogP contribution is -2.38. The largest absolute Gasteiger partial charge is 0.459 e. The molecule has 160 valence electrons. The van der Waals surface area contributed by atoms with E-state index in [0.717, 1.165) is 19.3 Å². The van der Waals surface area contributed by atoms with Crippen molar-refractivity contribution in [3.8, 4) is 0 Å². The second kappa shape index (κ2) is 9.30. The van der Waals surface area contributed by atoms with Gasteiger partial charge in [0.25, 0.3) is 0 Å². The van der Waals surface area contributed by atoms with Crippen molar-refractivity contribution in [2.24, 2.45) is 17.8 Å². The SMILES string of the molecule is CC(=O)Nc1ccn([C@@H]2CS[C@H](C(=O)O[C@@H]3CC(C)CCC3C(C)C)O2)c(=O)n1. The summed E-state index contributed by atoms with van der Waals surface area (Å²) in [5, 5.41) is 2.47. The van der Waals surface area contributed by atoms with E-state index in [1.54, 1.807) is 0 Å². The Hall–Kier alpha value is -1.87. The second-order valence-corrected chi connectivity index (χ2v) is 9.34. The number of nitrogens with zero attached hydrogens (tertiary/aromatic N) is 2. The molecule has 1 N–H and O–H groups in total. The van der Waals surface area contributed by atoms with Crippen molar-refractivity contribution in [1.29, 1.82) is 0 Å². The summed E-state index contributed by atoms with van der Waals surface area (Å²) in [4.78, 5) is 39.9. The molecule has 2 aliphatic rings. The molecule has 9 heteroatoms. The molecule has 0 radical (unpaired) electrons. The van der Waals surface area contributed by atoms with Gasteiger partial charge in [0.05, 0.1) is 0 Å². The molecule has 1 saturated heterocycles. The van der Waals surface area contributed by atoms with E-state index in [9.17, 15) is 14.4 Å². The number of nitrogens with one attached hydrogen (secondary N) is 1. The summed E-state index contributed by atoms with van der Waals surface area (Å²) in [7, 11) is 0. The fourth-order valence-corrected chi connectivity index (χ4v) is 4.97. The predicted octanol–water partition coefficient (Wildman–Crippen LogP) is 2.79. The van der Waals surface area contributed by atoms with Gasteiger partial charge >= 0.3 is 11.7 Å². The highest BCUT2D eigenvalue weighted by Crippen LogP contribution is 2.37. The predicted molar refractivity (Wildman–Crippen MR) is 110 cm³/mol. The van der Waals surface area contributed by atoms with Gasteiger partial charge in [-0.05, 0) is 36.7 Å². The fraction of sp³-hybridized carbons (Fsp3) is 0.700. The first kappa shape index (κ1) is 21.8. The Kier molecular flexibility index (Phi) is 7.00. The number of thioether (sulfide) groups is 1. The van der Waals surface area contributed by atoms with Gasteiger partial charge in [0.15, 0.2) is 0 Å². The van der Waals surface area contributed by atoms with Crippen LogP contribution in [0.15, 0.2) is 17.1 Å². The monoisotopic (exact) mass is 423 g/mol. The number of anilines is 1. The molecule has 2 heterocycles. The number of amides is 1. The Bertz CT molecular complexity index is 812. The molecule has 1 aromatic rings. The molecule has 29 heavy (non-hydrogen) atoms. The van der Waals surface area contributed by atoms with Crippen molar-refractivity contribution in [1.82, 2.24) is 9.55 Å². The summed E-state index contributed by atoms with van der Waals surface area (Å²) in [6.45, 7) is 7.88. The van der Waals surface area contributed by atoms with Crippen LogP contribution in [0.25, 0.3) is 0 Å². The number of aromatic nitrogens is 2. The maximum absolute atomic E-state index is 12.7. The van der Waals surface area contributed by atoms with E-state index in [1.165, 1.54) is 35.5 Å². The van der Waals surface area contributed by atoms with Crippen LogP contribution in [-0.4, -0.2) is 38.7 Å². The molecule has 1 aliphatic carbocycles. The van der Waals surface area contributed by atoms with Gasteiger partial charge in [-0.3, -0.25) is 9.36 Å². The quantitative estimate of drug-likeness (QED) is 0.727. The lowest BCUT2D eigenvalue weighted by Gasteiger charge is -2.37. The van der Waals surface area contributed by atoms with Crippen LogP contribution >= 0.6 is 11.8 Å². The normalized spacial score (nSPS) is 29.6. The third-order valence-corrected chi connectivity index (χ3v) is 6.62. The zero-order valence-corrected chi connectivity index (χ0v) is 18.1.